The van der Waals surface area contributed by atoms with Crippen molar-refractivity contribution in [2.24, 2.45) is 0 Å². The maximum atomic E-state index is 11.5. The predicted octanol–water partition coefficient (Wildman–Crippen LogP) is 0.596. The van der Waals surface area contributed by atoms with E-state index >= 15 is 0 Å². The van der Waals surface area contributed by atoms with Gasteiger partial charge in [0.05, 0.1) is 24.8 Å². The summed E-state index contributed by atoms with van der Waals surface area (Å²) in [5.74, 6) is 0. The Morgan fingerprint density at radius 2 is 2.18 bits per heavy atom. The maximum absolute atomic E-state index is 11.5. The zero-order valence-corrected chi connectivity index (χ0v) is 9.33. The van der Waals surface area contributed by atoms with E-state index in [1.165, 1.54) is 6.33 Å². The Labute approximate surface area is 97.3 Å². The molecular formula is C11H14N4O2. The second kappa shape index (κ2) is 3.96. The smallest absolute Gasteiger partial charge is 0.278 e. The fraction of sp³-hybridized carbons (Fsp3) is 0.545. The number of hydrogen-bond acceptors (Lipinski definition) is 4. The van der Waals surface area contributed by atoms with Gasteiger partial charge in [-0.2, -0.15) is 0 Å². The molecule has 0 aliphatic heterocycles. The summed E-state index contributed by atoms with van der Waals surface area (Å²) >= 11 is 0. The molecule has 1 saturated carbocycles. The van der Waals surface area contributed by atoms with Crippen LogP contribution in [0.2, 0.25) is 0 Å². The Kier molecular flexibility index (Phi) is 2.44. The fourth-order valence-electron chi connectivity index (χ4n) is 2.52. The van der Waals surface area contributed by atoms with Crippen molar-refractivity contribution in [2.75, 3.05) is 0 Å². The van der Waals surface area contributed by atoms with Crippen molar-refractivity contribution in [3.05, 3.63) is 23.0 Å². The Morgan fingerprint density at radius 3 is 3.00 bits per heavy atom. The summed E-state index contributed by atoms with van der Waals surface area (Å²) in [5, 5.41) is 10.0. The van der Waals surface area contributed by atoms with Crippen LogP contribution in [0.25, 0.3) is 11.2 Å². The van der Waals surface area contributed by atoms with Crippen LogP contribution in [0.3, 0.4) is 0 Å². The van der Waals surface area contributed by atoms with Gasteiger partial charge in [-0.1, -0.05) is 12.8 Å². The second-order valence-electron chi connectivity index (χ2n) is 4.47. The number of aliphatic hydroxyl groups excluding tert-OH is 1. The Morgan fingerprint density at radius 1 is 1.35 bits per heavy atom. The summed E-state index contributed by atoms with van der Waals surface area (Å²) in [4.78, 5) is 22.2. The summed E-state index contributed by atoms with van der Waals surface area (Å²) < 4.78 is 1.83. The average molecular weight is 234 g/mol. The minimum Gasteiger partial charge on any atom is -0.391 e. The monoisotopic (exact) mass is 234 g/mol. The van der Waals surface area contributed by atoms with Gasteiger partial charge in [0.25, 0.3) is 5.56 Å². The molecule has 6 nitrogen and oxygen atoms in total. The van der Waals surface area contributed by atoms with Crippen LogP contribution in [-0.2, 0) is 0 Å². The number of fused-ring (bicyclic) bond motifs is 1. The number of nitrogens with zero attached hydrogens (tertiary/aromatic N) is 3. The van der Waals surface area contributed by atoms with Gasteiger partial charge in [0.15, 0.2) is 11.2 Å². The lowest BCUT2D eigenvalue weighted by atomic mass is 9.92. The molecule has 2 atom stereocenters. The molecule has 2 N–H and O–H groups in total. The van der Waals surface area contributed by atoms with Crippen molar-refractivity contribution in [1.29, 1.82) is 0 Å². The maximum Gasteiger partial charge on any atom is 0.278 e. The highest BCUT2D eigenvalue weighted by molar-refractivity contribution is 5.68. The minimum atomic E-state index is -0.373. The molecule has 3 rings (SSSR count). The third-order valence-electron chi connectivity index (χ3n) is 3.42. The van der Waals surface area contributed by atoms with E-state index in [-0.39, 0.29) is 17.7 Å². The number of imidazole rings is 1. The van der Waals surface area contributed by atoms with Crippen LogP contribution >= 0.6 is 0 Å². The Balaban J connectivity index is 2.11. The van der Waals surface area contributed by atoms with E-state index in [4.69, 9.17) is 0 Å². The van der Waals surface area contributed by atoms with Gasteiger partial charge in [-0.25, -0.2) is 9.97 Å². The van der Waals surface area contributed by atoms with Crippen LogP contribution in [0.15, 0.2) is 17.4 Å². The number of aromatic amines is 1. The average Bonchev–Trinajstić information content (AvgIpc) is 2.75. The number of H-pyrrole nitrogens is 1. The van der Waals surface area contributed by atoms with Crippen molar-refractivity contribution in [1.82, 2.24) is 19.5 Å². The van der Waals surface area contributed by atoms with Crippen molar-refractivity contribution in [3.8, 4) is 0 Å². The first-order valence-corrected chi connectivity index (χ1v) is 5.85. The molecule has 0 unspecified atom stereocenters. The van der Waals surface area contributed by atoms with Crippen LogP contribution in [-0.4, -0.2) is 30.7 Å². The standard InChI is InChI=1S/C11H14N4O2/c16-8-4-2-1-3-7(8)15-6-14-9-10(15)12-5-13-11(9)17/h5-8,16H,1-4H2,(H,12,13,17)/t7-,8+/m0/s1. The van der Waals surface area contributed by atoms with E-state index < -0.39 is 0 Å². The van der Waals surface area contributed by atoms with Gasteiger partial charge < -0.3 is 14.7 Å². The third-order valence-corrected chi connectivity index (χ3v) is 3.42. The van der Waals surface area contributed by atoms with Crippen molar-refractivity contribution >= 4 is 11.2 Å². The van der Waals surface area contributed by atoms with Crippen LogP contribution in [0.1, 0.15) is 31.7 Å². The molecule has 90 valence electrons. The molecule has 1 aliphatic carbocycles. The largest absolute Gasteiger partial charge is 0.391 e. The van der Waals surface area contributed by atoms with Crippen LogP contribution in [0.5, 0.6) is 0 Å². The molecule has 2 aromatic rings. The summed E-state index contributed by atoms with van der Waals surface area (Å²) in [6.07, 6.45) is 6.45. The molecule has 0 aromatic carbocycles. The number of nitrogens with one attached hydrogen (secondary N) is 1. The van der Waals surface area contributed by atoms with Crippen LogP contribution in [0.4, 0.5) is 0 Å². The van der Waals surface area contributed by atoms with Gasteiger partial charge in [0, 0.05) is 0 Å². The highest BCUT2D eigenvalue weighted by Crippen LogP contribution is 2.29. The van der Waals surface area contributed by atoms with E-state index in [9.17, 15) is 9.90 Å². The van der Waals surface area contributed by atoms with Gasteiger partial charge in [0.2, 0.25) is 0 Å². The molecule has 0 spiro atoms. The highest BCUT2D eigenvalue weighted by Gasteiger charge is 2.26. The molecule has 2 aromatic heterocycles. The van der Waals surface area contributed by atoms with E-state index in [0.29, 0.717) is 11.2 Å². The summed E-state index contributed by atoms with van der Waals surface area (Å²) in [7, 11) is 0. The number of hydrogen-bond donors (Lipinski definition) is 2. The highest BCUT2D eigenvalue weighted by atomic mass is 16.3. The van der Waals surface area contributed by atoms with E-state index in [0.717, 1.165) is 25.7 Å². The van der Waals surface area contributed by atoms with Crippen LogP contribution in [0, 0.1) is 0 Å². The Bertz CT molecular complexity index is 588. The molecular weight excluding hydrogens is 220 g/mol. The van der Waals surface area contributed by atoms with Gasteiger partial charge in [-0.3, -0.25) is 4.79 Å². The van der Waals surface area contributed by atoms with E-state index in [1.807, 2.05) is 4.57 Å². The first-order chi connectivity index (χ1) is 8.27. The third kappa shape index (κ3) is 1.64. The molecule has 0 bridgehead atoms. The summed E-state index contributed by atoms with van der Waals surface area (Å²) in [6.45, 7) is 0. The zero-order valence-electron chi connectivity index (χ0n) is 9.33. The van der Waals surface area contributed by atoms with Gasteiger partial charge in [-0.15, -0.1) is 0 Å². The fourth-order valence-corrected chi connectivity index (χ4v) is 2.52. The second-order valence-corrected chi connectivity index (χ2v) is 4.47. The normalized spacial score (nSPS) is 25.2. The molecule has 2 heterocycles. The van der Waals surface area contributed by atoms with Gasteiger partial charge >= 0.3 is 0 Å². The lowest BCUT2D eigenvalue weighted by Gasteiger charge is -2.28. The topological polar surface area (TPSA) is 83.8 Å². The predicted molar refractivity (Wildman–Crippen MR) is 61.7 cm³/mol. The number of aliphatic hydroxyl groups is 1. The van der Waals surface area contributed by atoms with Gasteiger partial charge in [0.1, 0.15) is 0 Å². The molecule has 6 heteroatoms. The molecule has 1 aliphatic rings. The lowest BCUT2D eigenvalue weighted by Crippen LogP contribution is -2.27. The van der Waals surface area contributed by atoms with E-state index in [2.05, 4.69) is 15.0 Å². The van der Waals surface area contributed by atoms with Crippen molar-refractivity contribution in [3.63, 3.8) is 0 Å². The number of rotatable bonds is 1. The summed E-state index contributed by atoms with van der Waals surface area (Å²) in [5.41, 5.74) is 0.657. The van der Waals surface area contributed by atoms with E-state index in [1.54, 1.807) is 6.33 Å². The molecule has 17 heavy (non-hydrogen) atoms. The first kappa shape index (κ1) is 10.5. The zero-order chi connectivity index (χ0) is 11.8. The molecule has 0 radical (unpaired) electrons. The lowest BCUT2D eigenvalue weighted by molar-refractivity contribution is 0.0770. The first-order valence-electron chi connectivity index (χ1n) is 5.85. The molecule has 0 amide bonds. The molecule has 1 fully saturated rings. The SMILES string of the molecule is O=c1[nH]cnc2c1ncn2[C@H]1CCCC[C@H]1O. The summed E-state index contributed by atoms with van der Waals surface area (Å²) in [6, 6.07) is -0.0111. The quantitative estimate of drug-likeness (QED) is 0.756. The van der Waals surface area contributed by atoms with Gasteiger partial charge in [-0.05, 0) is 12.8 Å². The van der Waals surface area contributed by atoms with Crippen LogP contribution < -0.4 is 5.56 Å². The number of aromatic nitrogens is 4. The van der Waals surface area contributed by atoms with Crippen molar-refractivity contribution in [2.45, 2.75) is 37.8 Å². The molecule has 0 saturated heterocycles. The minimum absolute atomic E-state index is 0.0111. The Hall–Kier alpha value is -1.69. The van der Waals surface area contributed by atoms with Crippen molar-refractivity contribution < 1.29 is 5.11 Å².